The summed E-state index contributed by atoms with van der Waals surface area (Å²) in [6, 6.07) is 15.1. The monoisotopic (exact) mass is 281 g/mol. The fraction of sp³-hybridized carbons (Fsp3) is 0.125. The van der Waals surface area contributed by atoms with Crippen molar-refractivity contribution >= 4 is 23.1 Å². The SMILES string of the molecule is CCN(c1ccccc1)c1nc2ccccn2c1C(=O)O. The van der Waals surface area contributed by atoms with Gasteiger partial charge in [-0.15, -0.1) is 0 Å². The van der Waals surface area contributed by atoms with Crippen LogP contribution in [-0.2, 0) is 0 Å². The first-order valence-electron chi connectivity index (χ1n) is 6.75. The molecule has 3 aromatic rings. The topological polar surface area (TPSA) is 57.8 Å². The summed E-state index contributed by atoms with van der Waals surface area (Å²) in [4.78, 5) is 18.0. The van der Waals surface area contributed by atoms with E-state index < -0.39 is 5.97 Å². The lowest BCUT2D eigenvalue weighted by Gasteiger charge is -2.21. The number of aromatic carboxylic acids is 1. The maximum Gasteiger partial charge on any atom is 0.356 e. The minimum Gasteiger partial charge on any atom is -0.476 e. The van der Waals surface area contributed by atoms with Crippen LogP contribution in [0.1, 0.15) is 17.4 Å². The Bertz CT molecular complexity index is 781. The van der Waals surface area contributed by atoms with Gasteiger partial charge in [-0.3, -0.25) is 4.40 Å². The Morgan fingerprint density at radius 3 is 2.57 bits per heavy atom. The quantitative estimate of drug-likeness (QED) is 0.798. The van der Waals surface area contributed by atoms with Gasteiger partial charge in [0.1, 0.15) is 5.65 Å². The van der Waals surface area contributed by atoms with Gasteiger partial charge in [-0.2, -0.15) is 0 Å². The van der Waals surface area contributed by atoms with Gasteiger partial charge in [-0.25, -0.2) is 9.78 Å². The zero-order valence-corrected chi connectivity index (χ0v) is 11.6. The van der Waals surface area contributed by atoms with Crippen molar-refractivity contribution < 1.29 is 9.90 Å². The number of rotatable bonds is 4. The Morgan fingerprint density at radius 1 is 1.19 bits per heavy atom. The van der Waals surface area contributed by atoms with Crippen LogP contribution in [0.3, 0.4) is 0 Å². The van der Waals surface area contributed by atoms with Crippen molar-refractivity contribution in [3.8, 4) is 0 Å². The highest BCUT2D eigenvalue weighted by Gasteiger charge is 2.23. The molecule has 0 saturated carbocycles. The molecular formula is C16H15N3O2. The molecular weight excluding hydrogens is 266 g/mol. The highest BCUT2D eigenvalue weighted by Crippen LogP contribution is 2.28. The second-order valence-electron chi connectivity index (χ2n) is 4.60. The summed E-state index contributed by atoms with van der Waals surface area (Å²) >= 11 is 0. The van der Waals surface area contributed by atoms with Crippen molar-refractivity contribution in [2.45, 2.75) is 6.92 Å². The molecule has 0 aliphatic carbocycles. The van der Waals surface area contributed by atoms with Crippen molar-refractivity contribution in [1.82, 2.24) is 9.38 Å². The third-order valence-corrected chi connectivity index (χ3v) is 3.35. The first kappa shape index (κ1) is 13.2. The summed E-state index contributed by atoms with van der Waals surface area (Å²) in [6.45, 7) is 2.61. The molecule has 0 atom stereocenters. The third kappa shape index (κ3) is 2.23. The minimum absolute atomic E-state index is 0.177. The lowest BCUT2D eigenvalue weighted by Crippen LogP contribution is -2.19. The van der Waals surface area contributed by atoms with Crippen LogP contribution in [0.15, 0.2) is 54.7 Å². The standard InChI is InChI=1S/C16H15N3O2/c1-2-18(12-8-4-3-5-9-12)15-14(16(20)21)19-11-7-6-10-13(19)17-15/h3-11H,2H2,1H3,(H,20,21). The number of carboxylic acid groups (broad SMARTS) is 1. The smallest absolute Gasteiger partial charge is 0.356 e. The van der Waals surface area contributed by atoms with Crippen LogP contribution in [0, 0.1) is 0 Å². The van der Waals surface area contributed by atoms with E-state index >= 15 is 0 Å². The van der Waals surface area contributed by atoms with E-state index in [-0.39, 0.29) is 5.69 Å². The largest absolute Gasteiger partial charge is 0.476 e. The normalized spacial score (nSPS) is 10.7. The summed E-state index contributed by atoms with van der Waals surface area (Å²) in [6.07, 6.45) is 1.72. The van der Waals surface area contributed by atoms with Crippen molar-refractivity contribution in [2.24, 2.45) is 0 Å². The van der Waals surface area contributed by atoms with E-state index in [1.54, 1.807) is 22.7 Å². The van der Waals surface area contributed by atoms with E-state index in [0.29, 0.717) is 18.0 Å². The molecule has 1 aromatic carbocycles. The molecule has 0 unspecified atom stereocenters. The van der Waals surface area contributed by atoms with Gasteiger partial charge in [0.2, 0.25) is 0 Å². The molecule has 0 aliphatic heterocycles. The average Bonchev–Trinajstić information content (AvgIpc) is 2.88. The van der Waals surface area contributed by atoms with Gasteiger partial charge in [0, 0.05) is 18.4 Å². The highest BCUT2D eigenvalue weighted by atomic mass is 16.4. The van der Waals surface area contributed by atoms with Crippen LogP contribution in [0.5, 0.6) is 0 Å². The third-order valence-electron chi connectivity index (χ3n) is 3.35. The fourth-order valence-corrected chi connectivity index (χ4v) is 2.43. The number of para-hydroxylation sites is 1. The van der Waals surface area contributed by atoms with Gasteiger partial charge in [0.25, 0.3) is 0 Å². The number of pyridine rings is 1. The van der Waals surface area contributed by atoms with Gasteiger partial charge >= 0.3 is 5.97 Å². The Morgan fingerprint density at radius 2 is 1.90 bits per heavy atom. The molecule has 0 fully saturated rings. The van der Waals surface area contributed by atoms with Gasteiger partial charge in [-0.1, -0.05) is 24.3 Å². The Hall–Kier alpha value is -2.82. The molecule has 2 heterocycles. The van der Waals surface area contributed by atoms with Crippen molar-refractivity contribution in [3.05, 3.63) is 60.4 Å². The molecule has 0 aliphatic rings. The molecule has 21 heavy (non-hydrogen) atoms. The van der Waals surface area contributed by atoms with Crippen molar-refractivity contribution in [3.63, 3.8) is 0 Å². The van der Waals surface area contributed by atoms with E-state index in [1.807, 2.05) is 48.2 Å². The zero-order chi connectivity index (χ0) is 14.8. The molecule has 0 amide bonds. The van der Waals surface area contributed by atoms with Crippen LogP contribution in [-0.4, -0.2) is 27.0 Å². The maximum atomic E-state index is 11.7. The molecule has 2 aromatic heterocycles. The zero-order valence-electron chi connectivity index (χ0n) is 11.6. The number of benzene rings is 1. The minimum atomic E-state index is -0.988. The van der Waals surface area contributed by atoms with E-state index in [1.165, 1.54) is 0 Å². The number of anilines is 2. The molecule has 0 radical (unpaired) electrons. The highest BCUT2D eigenvalue weighted by molar-refractivity contribution is 5.94. The van der Waals surface area contributed by atoms with E-state index in [2.05, 4.69) is 4.98 Å². The summed E-state index contributed by atoms with van der Waals surface area (Å²) < 4.78 is 1.60. The van der Waals surface area contributed by atoms with E-state index in [9.17, 15) is 9.90 Å². The molecule has 1 N–H and O–H groups in total. The van der Waals surface area contributed by atoms with Crippen LogP contribution < -0.4 is 4.90 Å². The maximum absolute atomic E-state index is 11.7. The molecule has 5 heteroatoms. The van der Waals surface area contributed by atoms with Crippen molar-refractivity contribution in [2.75, 3.05) is 11.4 Å². The number of fused-ring (bicyclic) bond motifs is 1. The number of carboxylic acids is 1. The van der Waals surface area contributed by atoms with Gasteiger partial charge < -0.3 is 10.0 Å². The summed E-state index contributed by atoms with van der Waals surface area (Å²) in [5, 5.41) is 9.56. The van der Waals surface area contributed by atoms with Crippen LogP contribution in [0.4, 0.5) is 11.5 Å². The average molecular weight is 281 g/mol. The Labute approximate surface area is 122 Å². The summed E-state index contributed by atoms with van der Waals surface area (Å²) in [5.74, 6) is -0.527. The predicted octanol–water partition coefficient (Wildman–Crippen LogP) is 3.19. The van der Waals surface area contributed by atoms with Crippen LogP contribution in [0.2, 0.25) is 0 Å². The lowest BCUT2D eigenvalue weighted by molar-refractivity contribution is 0.0690. The molecule has 0 spiro atoms. The first-order chi connectivity index (χ1) is 10.2. The summed E-state index contributed by atoms with van der Waals surface area (Å²) in [5.41, 5.74) is 1.72. The van der Waals surface area contributed by atoms with Crippen LogP contribution in [0.25, 0.3) is 5.65 Å². The number of hydrogen-bond donors (Lipinski definition) is 1. The van der Waals surface area contributed by atoms with Gasteiger partial charge in [-0.05, 0) is 31.2 Å². The Balaban J connectivity index is 2.23. The summed E-state index contributed by atoms with van der Waals surface area (Å²) in [7, 11) is 0. The molecule has 5 nitrogen and oxygen atoms in total. The number of imidazole rings is 1. The predicted molar refractivity (Wildman–Crippen MR) is 81.3 cm³/mol. The van der Waals surface area contributed by atoms with Gasteiger partial charge in [0.05, 0.1) is 0 Å². The van der Waals surface area contributed by atoms with E-state index in [0.717, 1.165) is 5.69 Å². The number of hydrogen-bond acceptors (Lipinski definition) is 3. The second kappa shape index (κ2) is 5.28. The van der Waals surface area contributed by atoms with E-state index in [4.69, 9.17) is 0 Å². The molecule has 106 valence electrons. The first-order valence-corrected chi connectivity index (χ1v) is 6.75. The Kier molecular flexibility index (Phi) is 3.31. The lowest BCUT2D eigenvalue weighted by atomic mass is 10.2. The molecule has 3 rings (SSSR count). The molecule has 0 bridgehead atoms. The second-order valence-corrected chi connectivity index (χ2v) is 4.60. The van der Waals surface area contributed by atoms with Crippen LogP contribution >= 0.6 is 0 Å². The molecule has 0 saturated heterocycles. The van der Waals surface area contributed by atoms with Gasteiger partial charge in [0.15, 0.2) is 11.5 Å². The fourth-order valence-electron chi connectivity index (χ4n) is 2.43. The van der Waals surface area contributed by atoms with Crippen molar-refractivity contribution in [1.29, 1.82) is 0 Å². The number of carbonyl (C=O) groups is 1. The number of aromatic nitrogens is 2. The number of nitrogens with zero attached hydrogens (tertiary/aromatic N) is 3.